The molecular weight excluding hydrogens is 387 g/mol. The van der Waals surface area contributed by atoms with E-state index in [1.54, 1.807) is 18.5 Å². The molecule has 0 saturated heterocycles. The predicted octanol–water partition coefficient (Wildman–Crippen LogP) is 7.78. The quantitative estimate of drug-likeness (QED) is 0.325. The molecule has 2 aromatic rings. The van der Waals surface area contributed by atoms with Crippen molar-refractivity contribution in [2.45, 2.75) is 90.9 Å². The average molecular weight is 427 g/mol. The zero-order valence-electron chi connectivity index (χ0n) is 19.4. The van der Waals surface area contributed by atoms with Crippen LogP contribution in [0.2, 0.25) is 0 Å². The summed E-state index contributed by atoms with van der Waals surface area (Å²) in [6, 6.07) is 5.89. The van der Waals surface area contributed by atoms with Gasteiger partial charge in [-0.15, -0.1) is 0 Å². The van der Waals surface area contributed by atoms with Gasteiger partial charge in [-0.3, -0.25) is 0 Å². The Labute approximate surface area is 187 Å². The van der Waals surface area contributed by atoms with E-state index >= 15 is 0 Å². The summed E-state index contributed by atoms with van der Waals surface area (Å²) < 4.78 is 20.4. The van der Waals surface area contributed by atoms with Crippen LogP contribution in [0.5, 0.6) is 6.01 Å². The van der Waals surface area contributed by atoms with Crippen LogP contribution in [0.15, 0.2) is 30.6 Å². The summed E-state index contributed by atoms with van der Waals surface area (Å²) in [6.07, 6.45) is 18.3. The summed E-state index contributed by atoms with van der Waals surface area (Å²) in [4.78, 5) is 8.66. The van der Waals surface area contributed by atoms with E-state index in [2.05, 4.69) is 23.8 Å². The van der Waals surface area contributed by atoms with Gasteiger partial charge in [-0.2, -0.15) is 0 Å². The minimum Gasteiger partial charge on any atom is -0.463 e. The summed E-state index contributed by atoms with van der Waals surface area (Å²) in [6.45, 7) is 5.13. The monoisotopic (exact) mass is 426 g/mol. The summed E-state index contributed by atoms with van der Waals surface area (Å²) >= 11 is 0. The van der Waals surface area contributed by atoms with Crippen LogP contribution in [0.25, 0.3) is 11.1 Å². The predicted molar refractivity (Wildman–Crippen MR) is 126 cm³/mol. The number of hydrogen-bond acceptors (Lipinski definition) is 3. The van der Waals surface area contributed by atoms with Gasteiger partial charge in [0.15, 0.2) is 0 Å². The van der Waals surface area contributed by atoms with Crippen molar-refractivity contribution in [1.82, 2.24) is 9.97 Å². The molecule has 1 fully saturated rings. The maximum absolute atomic E-state index is 14.6. The Bertz CT molecular complexity index is 769. The molecule has 0 aliphatic heterocycles. The molecule has 3 rings (SSSR count). The van der Waals surface area contributed by atoms with Gasteiger partial charge in [0, 0.05) is 23.5 Å². The lowest BCUT2D eigenvalue weighted by Crippen LogP contribution is -2.20. The second-order valence-electron chi connectivity index (χ2n) is 9.22. The van der Waals surface area contributed by atoms with Crippen molar-refractivity contribution in [3.63, 3.8) is 0 Å². The molecule has 1 aliphatic carbocycles. The van der Waals surface area contributed by atoms with Crippen molar-refractivity contribution >= 4 is 0 Å². The number of unbranched alkanes of at least 4 members (excludes halogenated alkanes) is 4. The van der Waals surface area contributed by atoms with Crippen LogP contribution >= 0.6 is 0 Å². The van der Waals surface area contributed by atoms with Gasteiger partial charge < -0.3 is 4.74 Å². The van der Waals surface area contributed by atoms with Crippen LogP contribution in [-0.4, -0.2) is 16.6 Å². The number of aromatic nitrogens is 2. The lowest BCUT2D eigenvalue weighted by Gasteiger charge is -2.28. The third-order valence-electron chi connectivity index (χ3n) is 6.67. The molecule has 1 saturated carbocycles. The van der Waals surface area contributed by atoms with E-state index < -0.39 is 0 Å². The molecule has 0 bridgehead atoms. The van der Waals surface area contributed by atoms with Crippen LogP contribution in [0.4, 0.5) is 4.39 Å². The first-order chi connectivity index (χ1) is 15.2. The lowest BCUT2D eigenvalue weighted by molar-refractivity contribution is 0.169. The smallest absolute Gasteiger partial charge is 0.316 e. The summed E-state index contributed by atoms with van der Waals surface area (Å²) in [5.74, 6) is 1.30. The molecule has 0 spiro atoms. The fourth-order valence-electron chi connectivity index (χ4n) is 4.62. The van der Waals surface area contributed by atoms with Crippen LogP contribution in [0.1, 0.15) is 90.0 Å². The Morgan fingerprint density at radius 2 is 1.58 bits per heavy atom. The van der Waals surface area contributed by atoms with Gasteiger partial charge in [0.1, 0.15) is 5.82 Å². The first kappa shape index (κ1) is 23.7. The molecule has 0 radical (unpaired) electrons. The molecule has 1 heterocycles. The topological polar surface area (TPSA) is 35.0 Å². The van der Waals surface area contributed by atoms with Crippen LogP contribution < -0.4 is 4.74 Å². The zero-order valence-corrected chi connectivity index (χ0v) is 19.4. The van der Waals surface area contributed by atoms with E-state index in [9.17, 15) is 4.39 Å². The van der Waals surface area contributed by atoms with Crippen LogP contribution in [0.3, 0.4) is 0 Å². The number of benzene rings is 1. The van der Waals surface area contributed by atoms with Crippen molar-refractivity contribution in [2.75, 3.05) is 6.61 Å². The van der Waals surface area contributed by atoms with E-state index in [0.29, 0.717) is 29.7 Å². The number of halogens is 1. The molecular formula is C27H39FN2O. The third-order valence-corrected chi connectivity index (χ3v) is 6.67. The van der Waals surface area contributed by atoms with Crippen molar-refractivity contribution in [1.29, 1.82) is 0 Å². The number of rotatable bonds is 12. The van der Waals surface area contributed by atoms with E-state index in [4.69, 9.17) is 4.74 Å². The Balaban J connectivity index is 1.45. The molecule has 0 N–H and O–H groups in total. The van der Waals surface area contributed by atoms with Gasteiger partial charge in [0.25, 0.3) is 0 Å². The molecule has 4 heteroatoms. The number of ether oxygens (including phenoxy) is 1. The number of hydrogen-bond donors (Lipinski definition) is 0. The first-order valence-electron chi connectivity index (χ1n) is 12.4. The highest BCUT2D eigenvalue weighted by atomic mass is 19.1. The van der Waals surface area contributed by atoms with Gasteiger partial charge in [-0.25, -0.2) is 14.4 Å². The van der Waals surface area contributed by atoms with E-state index in [1.807, 2.05) is 12.1 Å². The van der Waals surface area contributed by atoms with Crippen molar-refractivity contribution in [3.05, 3.63) is 42.0 Å². The highest BCUT2D eigenvalue weighted by Crippen LogP contribution is 2.32. The Morgan fingerprint density at radius 3 is 2.26 bits per heavy atom. The molecule has 170 valence electrons. The summed E-state index contributed by atoms with van der Waals surface area (Å²) in [7, 11) is 0. The molecule has 31 heavy (non-hydrogen) atoms. The second-order valence-corrected chi connectivity index (χ2v) is 9.22. The lowest BCUT2D eigenvalue weighted by atomic mass is 9.80. The van der Waals surface area contributed by atoms with E-state index in [0.717, 1.165) is 24.3 Å². The standard InChI is InChI=1S/C27H39FN2O/c1-3-5-7-9-21-11-13-23(14-12-21)20-31-27-29-18-24(19-30-27)25-16-15-22(17-26(25)28)10-8-6-4-2/h15-19,21,23H,3-14,20H2,1-2H3/t21-,23-. The second kappa shape index (κ2) is 12.8. The maximum Gasteiger partial charge on any atom is 0.316 e. The van der Waals surface area contributed by atoms with Crippen LogP contribution in [-0.2, 0) is 6.42 Å². The highest BCUT2D eigenvalue weighted by molar-refractivity contribution is 5.62. The minimum atomic E-state index is -0.207. The summed E-state index contributed by atoms with van der Waals surface area (Å²) in [5.41, 5.74) is 2.29. The molecule has 1 aliphatic rings. The highest BCUT2D eigenvalue weighted by Gasteiger charge is 2.21. The molecule has 0 atom stereocenters. The Hall–Kier alpha value is -1.97. The maximum atomic E-state index is 14.6. The van der Waals surface area contributed by atoms with Gasteiger partial charge in [0.05, 0.1) is 6.61 Å². The van der Waals surface area contributed by atoms with E-state index in [-0.39, 0.29) is 5.82 Å². The fraction of sp³-hybridized carbons (Fsp3) is 0.630. The Kier molecular flexibility index (Phi) is 9.77. The molecule has 1 aromatic heterocycles. The van der Waals surface area contributed by atoms with Crippen LogP contribution in [0, 0.1) is 17.7 Å². The Morgan fingerprint density at radius 1 is 0.903 bits per heavy atom. The number of nitrogens with zero attached hydrogens (tertiary/aromatic N) is 2. The molecule has 1 aromatic carbocycles. The minimum absolute atomic E-state index is 0.207. The normalized spacial score (nSPS) is 18.8. The largest absolute Gasteiger partial charge is 0.463 e. The van der Waals surface area contributed by atoms with Crippen molar-refractivity contribution in [2.24, 2.45) is 11.8 Å². The fourth-order valence-corrected chi connectivity index (χ4v) is 4.62. The zero-order chi connectivity index (χ0) is 21.9. The molecule has 3 nitrogen and oxygen atoms in total. The van der Waals surface area contributed by atoms with Crippen molar-refractivity contribution in [3.8, 4) is 17.1 Å². The van der Waals surface area contributed by atoms with Crippen molar-refractivity contribution < 1.29 is 9.13 Å². The SMILES string of the molecule is CCCCCc1ccc(-c2cnc(OC[C@H]3CC[C@H](CCCCC)CC3)nc2)c(F)c1. The number of aryl methyl sites for hydroxylation is 1. The molecule has 0 amide bonds. The first-order valence-corrected chi connectivity index (χ1v) is 12.4. The van der Waals surface area contributed by atoms with Gasteiger partial charge >= 0.3 is 6.01 Å². The van der Waals surface area contributed by atoms with E-state index in [1.165, 1.54) is 64.2 Å². The third kappa shape index (κ3) is 7.59. The van der Waals surface area contributed by atoms with Gasteiger partial charge in [0.2, 0.25) is 0 Å². The summed E-state index contributed by atoms with van der Waals surface area (Å²) in [5, 5.41) is 0. The average Bonchev–Trinajstić information content (AvgIpc) is 2.79. The van der Waals surface area contributed by atoms with Gasteiger partial charge in [-0.05, 0) is 49.1 Å². The van der Waals surface area contributed by atoms with Gasteiger partial charge in [-0.1, -0.05) is 77.3 Å². The molecule has 0 unspecified atom stereocenters.